The van der Waals surface area contributed by atoms with Crippen LogP contribution in [0, 0.1) is 43.8 Å². The van der Waals surface area contributed by atoms with E-state index in [1.54, 1.807) is 14.7 Å². The molecule has 3 unspecified atom stereocenters. The summed E-state index contributed by atoms with van der Waals surface area (Å²) in [6.45, 7) is 11.3. The van der Waals surface area contributed by atoms with Crippen LogP contribution in [0.1, 0.15) is 70.6 Å². The number of hydrogen-bond acceptors (Lipinski definition) is 14. The quantitative estimate of drug-likeness (QED) is 0.136. The number of pyridine rings is 1. The Morgan fingerprint density at radius 2 is 1.00 bits per heavy atom. The second-order valence-electron chi connectivity index (χ2n) is 13.5. The Kier molecular flexibility index (Phi) is 23.0. The molecule has 1 aliphatic rings. The van der Waals surface area contributed by atoms with Gasteiger partial charge < -0.3 is 41.9 Å². The fraction of sp³-hybridized carbons (Fsp3) is 0.735. The van der Waals surface area contributed by atoms with Gasteiger partial charge in [-0.1, -0.05) is 63.8 Å². The van der Waals surface area contributed by atoms with Crippen LogP contribution in [0.2, 0.25) is 0 Å². The molecule has 0 saturated carbocycles. The number of fused-ring (bicyclic) bond motifs is 1. The van der Waals surface area contributed by atoms with Crippen molar-refractivity contribution in [2.45, 2.75) is 72.8 Å². The van der Waals surface area contributed by atoms with Gasteiger partial charge in [-0.3, -0.25) is 24.6 Å². The average molecular weight is 952 g/mol. The van der Waals surface area contributed by atoms with Crippen molar-refractivity contribution in [3.63, 3.8) is 0 Å². The summed E-state index contributed by atoms with van der Waals surface area (Å²) in [5.74, 6) is 0. The summed E-state index contributed by atoms with van der Waals surface area (Å²) in [5, 5.41) is 2.10. The Labute approximate surface area is 340 Å². The standard InChI is InChI=1S/C34H62N5O9P3.Lu/c1-5-8-21-46-49(40,41)28-37-15-13-36(27-34-25-33-24-31(4)11-12-32(33)26-35-34)14-16-38(29-50(42,43)47-22-9-6-2)18-20-39(19-17-37)30-51(44,45)48-23-10-7-3;/h11-12,24-26H,5-10,13-23,27-30H2,1-4H3,(H,40,41)(H,42,43)(H,44,45);/q;+3/p-3/i;1+2. The maximum Gasteiger partial charge on any atom is 3.00 e. The number of rotatable bonds is 20. The van der Waals surface area contributed by atoms with E-state index in [0.717, 1.165) is 41.3 Å². The number of hydrogen-bond donors (Lipinski definition) is 0. The smallest absolute Gasteiger partial charge is 0.778 e. The van der Waals surface area contributed by atoms with Gasteiger partial charge in [-0.15, -0.1) is 0 Å². The van der Waals surface area contributed by atoms with Crippen LogP contribution < -0.4 is 14.7 Å². The molecule has 0 amide bonds. The van der Waals surface area contributed by atoms with Gasteiger partial charge in [0.25, 0.3) is 0 Å². The van der Waals surface area contributed by atoms with Crippen molar-refractivity contribution in [3.8, 4) is 0 Å². The van der Waals surface area contributed by atoms with E-state index in [0.29, 0.717) is 52.0 Å². The summed E-state index contributed by atoms with van der Waals surface area (Å²) in [6, 6.07) is 8.24. The molecule has 2 heterocycles. The van der Waals surface area contributed by atoms with Crippen LogP contribution in [0.25, 0.3) is 10.8 Å². The third-order valence-electron chi connectivity index (χ3n) is 8.73. The molecule has 3 rings (SSSR count). The minimum Gasteiger partial charge on any atom is -0.778 e. The van der Waals surface area contributed by atoms with Crippen molar-refractivity contribution in [2.24, 2.45) is 0 Å². The predicted octanol–water partition coefficient (Wildman–Crippen LogP) is 4.25. The Morgan fingerprint density at radius 1 is 0.615 bits per heavy atom. The van der Waals surface area contributed by atoms with Crippen molar-refractivity contribution in [2.75, 3.05) is 91.0 Å². The van der Waals surface area contributed by atoms with Crippen LogP contribution in [0.3, 0.4) is 0 Å². The molecule has 0 spiro atoms. The Hall–Kier alpha value is 0.154. The largest absolute Gasteiger partial charge is 3.00 e. The van der Waals surface area contributed by atoms with Gasteiger partial charge in [-0.2, -0.15) is 0 Å². The van der Waals surface area contributed by atoms with E-state index in [9.17, 15) is 28.4 Å². The van der Waals surface area contributed by atoms with E-state index in [2.05, 4.69) is 17.0 Å². The van der Waals surface area contributed by atoms with E-state index < -0.39 is 22.8 Å². The van der Waals surface area contributed by atoms with Gasteiger partial charge in [-0.25, -0.2) is 0 Å². The first kappa shape index (κ1) is 48.3. The van der Waals surface area contributed by atoms with E-state index in [-0.39, 0.29) is 102 Å². The Morgan fingerprint density at radius 3 is 1.38 bits per heavy atom. The normalized spacial score (nSPS) is 19.9. The molecule has 1 saturated heterocycles. The summed E-state index contributed by atoms with van der Waals surface area (Å²) >= 11 is 0. The van der Waals surface area contributed by atoms with E-state index >= 15 is 0 Å². The molecular weight excluding hydrogens is 892 g/mol. The minimum atomic E-state index is -4.26. The number of nitrogens with zero attached hydrogens (tertiary/aromatic N) is 5. The van der Waals surface area contributed by atoms with Gasteiger partial charge in [0.15, 0.2) is 0 Å². The van der Waals surface area contributed by atoms with Crippen LogP contribution in [-0.4, -0.2) is 116 Å². The zero-order valence-electron chi connectivity index (χ0n) is 31.2. The summed E-state index contributed by atoms with van der Waals surface area (Å²) in [5.41, 5.74) is 1.98. The van der Waals surface area contributed by atoms with Gasteiger partial charge >= 0.3 is 36.9 Å². The fourth-order valence-corrected chi connectivity index (χ4v) is 9.47. The van der Waals surface area contributed by atoms with Crippen molar-refractivity contribution in [1.29, 1.82) is 0 Å². The zero-order chi connectivity index (χ0) is 37.3. The molecule has 1 aliphatic heterocycles. The van der Waals surface area contributed by atoms with Crippen LogP contribution in [0.4, 0.5) is 0 Å². The van der Waals surface area contributed by atoms with Crippen molar-refractivity contribution >= 4 is 33.6 Å². The van der Waals surface area contributed by atoms with Gasteiger partial charge in [0.2, 0.25) is 0 Å². The van der Waals surface area contributed by atoms with Crippen molar-refractivity contribution < 1.29 is 78.8 Å². The maximum atomic E-state index is 13.0. The van der Waals surface area contributed by atoms with Gasteiger partial charge in [0.1, 0.15) is 22.8 Å². The molecule has 14 nitrogen and oxygen atoms in total. The second kappa shape index (κ2) is 24.7. The molecule has 1 aromatic heterocycles. The van der Waals surface area contributed by atoms with Crippen molar-refractivity contribution in [1.82, 2.24) is 24.6 Å². The van der Waals surface area contributed by atoms with Gasteiger partial charge in [0.05, 0.1) is 44.4 Å². The molecule has 0 aliphatic carbocycles. The first-order valence-corrected chi connectivity index (χ1v) is 23.5. The maximum absolute atomic E-state index is 13.0. The molecule has 1 aromatic carbocycles. The second-order valence-corrected chi connectivity index (χ2v) is 18.8. The van der Waals surface area contributed by atoms with Crippen LogP contribution in [-0.2, 0) is 33.8 Å². The fourth-order valence-electron chi connectivity index (χ4n) is 5.68. The average Bonchev–Trinajstić information content (AvgIpc) is 3.05. The van der Waals surface area contributed by atoms with Crippen LogP contribution in [0.15, 0.2) is 30.5 Å². The summed E-state index contributed by atoms with van der Waals surface area (Å²) in [4.78, 5) is 51.2. The molecule has 0 bridgehead atoms. The molecule has 18 heteroatoms. The molecule has 3 atom stereocenters. The molecule has 1 fully saturated rings. The van der Waals surface area contributed by atoms with E-state index in [1.165, 1.54) is 0 Å². The Balaban J connectivity index is 0.00000936. The molecule has 0 radical (unpaired) electrons. The minimum absolute atomic E-state index is 0. The van der Waals surface area contributed by atoms with Crippen LogP contribution >= 0.6 is 22.8 Å². The van der Waals surface area contributed by atoms with Gasteiger partial charge in [-0.05, 0) is 37.6 Å². The first-order chi connectivity index (χ1) is 24.2. The predicted molar refractivity (Wildman–Crippen MR) is 196 cm³/mol. The van der Waals surface area contributed by atoms with Crippen molar-refractivity contribution in [3.05, 3.63) is 41.7 Å². The van der Waals surface area contributed by atoms with Gasteiger partial charge in [0, 0.05) is 70.5 Å². The summed E-state index contributed by atoms with van der Waals surface area (Å²) in [7, 11) is -12.7. The molecule has 304 valence electrons. The summed E-state index contributed by atoms with van der Waals surface area (Å²) < 4.78 is 54.9. The SMILES string of the molecule is CCCCOP(=O)([O-])CN1CCN(Cc2cc3cc(C)ccc3cn2)CCN(CP(=O)([O-])OCCCC)CCN(CP(=O)([O-])OCCCC)CC1.[177Lu+3]. The third-order valence-corrected chi connectivity index (χ3v) is 12.7. The number of benzene rings is 1. The molecule has 52 heavy (non-hydrogen) atoms. The molecule has 0 N–H and O–H groups in total. The first-order valence-electron chi connectivity index (χ1n) is 18.3. The van der Waals surface area contributed by atoms with Crippen LogP contribution in [0.5, 0.6) is 0 Å². The molecular formula is C34H59LuN5O9P3. The molecule has 2 aromatic rings. The Bertz CT molecular complexity index is 1430. The zero-order valence-corrected chi connectivity index (χ0v) is 35.6. The van der Waals surface area contributed by atoms with E-state index in [1.807, 2.05) is 46.0 Å². The number of aryl methyl sites for hydroxylation is 1. The third kappa shape index (κ3) is 19.3. The topological polar surface area (TPSA) is 174 Å². The number of unbranched alkanes of at least 4 members (excludes halogenated alkanes) is 3. The van der Waals surface area contributed by atoms with E-state index in [4.69, 9.17) is 18.6 Å². The monoisotopic (exact) mass is 951 g/mol. The summed E-state index contributed by atoms with van der Waals surface area (Å²) in [6.07, 6.45) is 5.09. The number of aromatic nitrogens is 1.